The quantitative estimate of drug-likeness (QED) is 0.405. The Balaban J connectivity index is 1.25. The van der Waals surface area contributed by atoms with Crippen molar-refractivity contribution in [1.82, 2.24) is 9.80 Å². The first-order valence-corrected chi connectivity index (χ1v) is 15.8. The van der Waals surface area contributed by atoms with Gasteiger partial charge in [0.1, 0.15) is 36.9 Å². The first-order valence-electron chi connectivity index (χ1n) is 14.3. The lowest BCUT2D eigenvalue weighted by Crippen LogP contribution is -2.43. The molecule has 0 aromatic heterocycles. The van der Waals surface area contributed by atoms with E-state index in [0.29, 0.717) is 36.7 Å². The lowest BCUT2D eigenvalue weighted by Gasteiger charge is -2.34. The van der Waals surface area contributed by atoms with Gasteiger partial charge in [-0.05, 0) is 101 Å². The van der Waals surface area contributed by atoms with E-state index in [2.05, 4.69) is 23.6 Å². The molecule has 2 aromatic carbocycles. The van der Waals surface area contributed by atoms with Crippen LogP contribution in [0.1, 0.15) is 52.4 Å². The van der Waals surface area contributed by atoms with Gasteiger partial charge in [0.2, 0.25) is 9.84 Å². The van der Waals surface area contributed by atoms with Gasteiger partial charge in [0.15, 0.2) is 0 Å². The van der Waals surface area contributed by atoms with Gasteiger partial charge >= 0.3 is 0 Å². The van der Waals surface area contributed by atoms with Crippen LogP contribution in [-0.4, -0.2) is 92.1 Å². The van der Waals surface area contributed by atoms with Crippen molar-refractivity contribution in [2.45, 2.75) is 86.5 Å². The topological polar surface area (TPSA) is 99.5 Å². The van der Waals surface area contributed by atoms with Crippen molar-refractivity contribution >= 4 is 9.84 Å². The summed E-state index contributed by atoms with van der Waals surface area (Å²) in [4.78, 5) is 4.92. The minimum absolute atomic E-state index is 0.155. The molecule has 0 unspecified atom stereocenters. The van der Waals surface area contributed by atoms with Crippen LogP contribution < -0.4 is 9.47 Å². The highest BCUT2D eigenvalue weighted by atomic mass is 32.2. The zero-order valence-electron chi connectivity index (χ0n) is 23.2. The molecule has 0 bridgehead atoms. The van der Waals surface area contributed by atoms with Crippen LogP contribution in [-0.2, 0) is 9.84 Å². The summed E-state index contributed by atoms with van der Waals surface area (Å²) < 4.78 is 37.7. The molecule has 2 heterocycles. The third-order valence-corrected chi connectivity index (χ3v) is 9.71. The number of hydrogen-bond donors (Lipinski definition) is 2. The fourth-order valence-corrected chi connectivity index (χ4v) is 6.72. The third-order valence-electron chi connectivity index (χ3n) is 7.92. The van der Waals surface area contributed by atoms with Crippen molar-refractivity contribution in [3.05, 3.63) is 48.5 Å². The molecule has 2 aromatic rings. The fourth-order valence-electron chi connectivity index (χ4n) is 5.46. The van der Waals surface area contributed by atoms with Crippen LogP contribution in [0, 0.1) is 0 Å². The van der Waals surface area contributed by atoms with Crippen LogP contribution in [0.4, 0.5) is 0 Å². The number of nitrogens with zero attached hydrogens (tertiary/aromatic N) is 2. The Morgan fingerprint density at radius 2 is 1.10 bits per heavy atom. The summed E-state index contributed by atoms with van der Waals surface area (Å²) in [5.41, 5.74) is 0. The van der Waals surface area contributed by atoms with E-state index in [4.69, 9.17) is 9.47 Å². The standard InChI is InChI=1S/C30H44N2O6S/c1-23-7-3-5-17-31(23)19-25(33)21-37-27-9-13-29(14-10-27)39(35,36)30-15-11-28(12-16-30)38-22-26(34)20-32-18-6-4-8-24(32)2/h9-16,23-26,33-34H,3-8,17-22H2,1-2H3/t23-,24+,25-,26-/m0/s1. The summed E-state index contributed by atoms with van der Waals surface area (Å²) in [6.45, 7) is 7.83. The van der Waals surface area contributed by atoms with Crippen molar-refractivity contribution in [2.75, 3.05) is 39.4 Å². The fraction of sp³-hybridized carbons (Fsp3) is 0.600. The number of benzene rings is 2. The lowest BCUT2D eigenvalue weighted by atomic mass is 10.0. The largest absolute Gasteiger partial charge is 0.491 e. The number of β-amino-alcohol motifs (C(OH)–C–C–N with tert-alkyl or cyclic N) is 2. The van der Waals surface area contributed by atoms with Gasteiger partial charge in [0.05, 0.1) is 9.79 Å². The molecule has 2 N–H and O–H groups in total. The Hall–Kier alpha value is -2.17. The number of rotatable bonds is 12. The first-order chi connectivity index (χ1) is 18.7. The van der Waals surface area contributed by atoms with Crippen LogP contribution in [0.3, 0.4) is 0 Å². The minimum atomic E-state index is -3.71. The highest BCUT2D eigenvalue weighted by molar-refractivity contribution is 7.91. The maximum atomic E-state index is 13.1. The molecule has 0 saturated carbocycles. The lowest BCUT2D eigenvalue weighted by molar-refractivity contribution is 0.0437. The smallest absolute Gasteiger partial charge is 0.206 e. The van der Waals surface area contributed by atoms with Crippen molar-refractivity contribution in [2.24, 2.45) is 0 Å². The van der Waals surface area contributed by atoms with Crippen molar-refractivity contribution in [1.29, 1.82) is 0 Å². The predicted octanol–water partition coefficient (Wildman–Crippen LogP) is 3.75. The molecule has 0 aliphatic carbocycles. The predicted molar refractivity (Wildman–Crippen MR) is 151 cm³/mol. The monoisotopic (exact) mass is 560 g/mol. The molecule has 2 saturated heterocycles. The normalized spacial score (nSPS) is 22.8. The summed E-state index contributed by atoms with van der Waals surface area (Å²) >= 11 is 0. The number of aliphatic hydroxyl groups excluding tert-OH is 2. The van der Waals surface area contributed by atoms with Crippen molar-refractivity contribution < 1.29 is 28.1 Å². The Bertz CT molecular complexity index is 1040. The van der Waals surface area contributed by atoms with Gasteiger partial charge in [-0.25, -0.2) is 8.42 Å². The second-order valence-corrected chi connectivity index (χ2v) is 13.0. The molecule has 2 aliphatic rings. The van der Waals surface area contributed by atoms with Gasteiger partial charge in [0.25, 0.3) is 0 Å². The molecule has 0 amide bonds. The van der Waals surface area contributed by atoms with E-state index in [0.717, 1.165) is 38.8 Å². The molecular formula is C30H44N2O6S. The molecule has 4 atom stereocenters. The van der Waals surface area contributed by atoms with Crippen molar-refractivity contribution in [3.8, 4) is 11.5 Å². The zero-order chi connectivity index (χ0) is 27.8. The van der Waals surface area contributed by atoms with E-state index in [9.17, 15) is 18.6 Å². The van der Waals surface area contributed by atoms with E-state index < -0.39 is 22.0 Å². The SMILES string of the molecule is C[C@@H]1CCCCN1C[C@H](O)COc1ccc(S(=O)(=O)c2ccc(OC[C@@H](O)CN3CCCC[C@@H]3C)cc2)cc1. The van der Waals surface area contributed by atoms with Crippen LogP contribution >= 0.6 is 0 Å². The molecule has 4 rings (SSSR count). The molecule has 39 heavy (non-hydrogen) atoms. The molecule has 0 spiro atoms. The van der Waals surface area contributed by atoms with E-state index in [1.807, 2.05) is 0 Å². The maximum absolute atomic E-state index is 13.1. The summed E-state index contributed by atoms with van der Waals surface area (Å²) in [6.07, 6.45) is 5.88. The zero-order valence-corrected chi connectivity index (χ0v) is 24.1. The third kappa shape index (κ3) is 8.41. The molecule has 9 heteroatoms. The molecule has 0 radical (unpaired) electrons. The van der Waals surface area contributed by atoms with Crippen LogP contribution in [0.15, 0.2) is 58.3 Å². The van der Waals surface area contributed by atoms with Gasteiger partial charge in [0, 0.05) is 25.2 Å². The molecule has 8 nitrogen and oxygen atoms in total. The van der Waals surface area contributed by atoms with E-state index >= 15 is 0 Å². The van der Waals surface area contributed by atoms with Crippen LogP contribution in [0.2, 0.25) is 0 Å². The van der Waals surface area contributed by atoms with Gasteiger partial charge in [-0.2, -0.15) is 0 Å². The van der Waals surface area contributed by atoms with Gasteiger partial charge < -0.3 is 19.7 Å². The number of piperidine rings is 2. The second-order valence-electron chi connectivity index (χ2n) is 11.1. The molecule has 2 fully saturated rings. The number of sulfone groups is 1. The second kappa shape index (κ2) is 13.9. The average molecular weight is 561 g/mol. The number of hydrogen-bond acceptors (Lipinski definition) is 8. The maximum Gasteiger partial charge on any atom is 0.206 e. The highest BCUT2D eigenvalue weighted by Gasteiger charge is 2.23. The molecule has 2 aliphatic heterocycles. The van der Waals surface area contributed by atoms with Crippen LogP contribution in [0.5, 0.6) is 11.5 Å². The Labute approximate surface area is 233 Å². The molecular weight excluding hydrogens is 516 g/mol. The Kier molecular flexibility index (Phi) is 10.7. The van der Waals surface area contributed by atoms with E-state index in [-0.39, 0.29) is 23.0 Å². The minimum Gasteiger partial charge on any atom is -0.491 e. The van der Waals surface area contributed by atoms with Crippen LogP contribution in [0.25, 0.3) is 0 Å². The summed E-state index contributed by atoms with van der Waals surface area (Å²) in [5, 5.41) is 20.8. The number of aliphatic hydroxyl groups is 2. The van der Waals surface area contributed by atoms with Gasteiger partial charge in [-0.1, -0.05) is 12.8 Å². The average Bonchev–Trinajstić information content (AvgIpc) is 2.94. The Morgan fingerprint density at radius 3 is 1.46 bits per heavy atom. The van der Waals surface area contributed by atoms with Gasteiger partial charge in [-0.3, -0.25) is 9.80 Å². The van der Waals surface area contributed by atoms with Crippen molar-refractivity contribution in [3.63, 3.8) is 0 Å². The van der Waals surface area contributed by atoms with Gasteiger partial charge in [-0.15, -0.1) is 0 Å². The van der Waals surface area contributed by atoms with E-state index in [1.165, 1.54) is 37.1 Å². The summed E-state index contributed by atoms with van der Waals surface area (Å²) in [6, 6.07) is 13.5. The first kappa shape index (κ1) is 29.8. The molecule has 216 valence electrons. The Morgan fingerprint density at radius 1 is 0.718 bits per heavy atom. The number of ether oxygens (including phenoxy) is 2. The summed E-state index contributed by atoms with van der Waals surface area (Å²) in [5.74, 6) is 1.03. The highest BCUT2D eigenvalue weighted by Crippen LogP contribution is 2.25. The summed E-state index contributed by atoms with van der Waals surface area (Å²) in [7, 11) is -3.71. The number of likely N-dealkylation sites (tertiary alicyclic amines) is 2. The van der Waals surface area contributed by atoms with E-state index in [1.54, 1.807) is 24.3 Å².